The van der Waals surface area contributed by atoms with Gasteiger partial charge in [-0.1, -0.05) is 116 Å². The van der Waals surface area contributed by atoms with E-state index in [0.717, 1.165) is 38.5 Å². The molecular formula is C30H59NO5. The summed E-state index contributed by atoms with van der Waals surface area (Å²) in [5, 5.41) is 42.2. The van der Waals surface area contributed by atoms with E-state index in [1.54, 1.807) is 0 Å². The summed E-state index contributed by atoms with van der Waals surface area (Å²) in [6.07, 6.45) is 23.4. The Morgan fingerprint density at radius 1 is 0.667 bits per heavy atom. The average molecular weight is 514 g/mol. The van der Waals surface area contributed by atoms with Crippen LogP contribution in [0, 0.1) is 0 Å². The highest BCUT2D eigenvalue weighted by atomic mass is 16.3. The lowest BCUT2D eigenvalue weighted by atomic mass is 10.0. The van der Waals surface area contributed by atoms with Crippen LogP contribution in [0.3, 0.4) is 0 Å². The van der Waals surface area contributed by atoms with Crippen LogP contribution in [0.1, 0.15) is 142 Å². The minimum atomic E-state index is -1.25. The molecule has 0 rings (SSSR count). The van der Waals surface area contributed by atoms with E-state index in [4.69, 9.17) is 0 Å². The van der Waals surface area contributed by atoms with Gasteiger partial charge in [-0.05, 0) is 38.5 Å². The van der Waals surface area contributed by atoms with Crippen molar-refractivity contribution in [2.75, 3.05) is 6.61 Å². The number of allylic oxidation sites excluding steroid dienone is 2. The summed E-state index contributed by atoms with van der Waals surface area (Å²) in [6, 6.07) is -0.978. The lowest BCUT2D eigenvalue weighted by Crippen LogP contribution is -2.53. The van der Waals surface area contributed by atoms with Gasteiger partial charge in [0, 0.05) is 0 Å². The van der Waals surface area contributed by atoms with Crippen LogP contribution >= 0.6 is 0 Å². The molecule has 214 valence electrons. The summed E-state index contributed by atoms with van der Waals surface area (Å²) >= 11 is 0. The smallest absolute Gasteiger partial charge is 0.249 e. The van der Waals surface area contributed by atoms with Gasteiger partial charge in [-0.25, -0.2) is 0 Å². The number of carbonyl (C=O) groups excluding carboxylic acids is 1. The van der Waals surface area contributed by atoms with Crippen LogP contribution in [0.4, 0.5) is 0 Å². The summed E-state index contributed by atoms with van der Waals surface area (Å²) in [6.45, 7) is 3.76. The Hall–Kier alpha value is -0.950. The van der Waals surface area contributed by atoms with Crippen LogP contribution in [0.2, 0.25) is 0 Å². The molecule has 0 aliphatic carbocycles. The van der Waals surface area contributed by atoms with Crippen molar-refractivity contribution in [2.24, 2.45) is 0 Å². The third-order valence-electron chi connectivity index (χ3n) is 6.98. The predicted octanol–water partition coefficient (Wildman–Crippen LogP) is 5.94. The molecule has 0 radical (unpaired) electrons. The second-order valence-electron chi connectivity index (χ2n) is 10.4. The number of rotatable bonds is 26. The number of aliphatic hydroxyl groups excluding tert-OH is 4. The topological polar surface area (TPSA) is 110 Å². The number of hydrogen-bond acceptors (Lipinski definition) is 5. The van der Waals surface area contributed by atoms with Crippen molar-refractivity contribution >= 4 is 5.91 Å². The first kappa shape index (κ1) is 35.0. The summed E-state index contributed by atoms with van der Waals surface area (Å²) in [4.78, 5) is 12.2. The highest BCUT2D eigenvalue weighted by Gasteiger charge is 2.28. The summed E-state index contributed by atoms with van der Waals surface area (Å²) in [7, 11) is 0. The Balaban J connectivity index is 3.68. The van der Waals surface area contributed by atoms with E-state index in [1.165, 1.54) is 77.0 Å². The number of amides is 1. The zero-order valence-corrected chi connectivity index (χ0v) is 23.5. The number of nitrogens with one attached hydrogen (secondary N) is 1. The molecule has 6 heteroatoms. The Bertz CT molecular complexity index is 514. The van der Waals surface area contributed by atoms with Gasteiger partial charge in [-0.15, -0.1) is 0 Å². The van der Waals surface area contributed by atoms with Gasteiger partial charge in [0.15, 0.2) is 0 Å². The molecular weight excluding hydrogens is 454 g/mol. The zero-order valence-electron chi connectivity index (χ0n) is 23.5. The van der Waals surface area contributed by atoms with Crippen molar-refractivity contribution in [1.82, 2.24) is 5.32 Å². The Kier molecular flexibility index (Phi) is 25.0. The van der Waals surface area contributed by atoms with E-state index in [-0.39, 0.29) is 0 Å². The van der Waals surface area contributed by atoms with Crippen LogP contribution in [0.15, 0.2) is 12.2 Å². The van der Waals surface area contributed by atoms with Crippen molar-refractivity contribution < 1.29 is 25.2 Å². The molecule has 1 amide bonds. The molecule has 0 aliphatic rings. The number of unbranched alkanes of at least 4 members (excludes halogenated alkanes) is 15. The van der Waals surface area contributed by atoms with Crippen molar-refractivity contribution in [3.05, 3.63) is 12.2 Å². The van der Waals surface area contributed by atoms with Crippen LogP contribution in [0.25, 0.3) is 0 Å². The summed E-state index contributed by atoms with van der Waals surface area (Å²) in [5.41, 5.74) is 0. The first-order valence-electron chi connectivity index (χ1n) is 15.1. The van der Waals surface area contributed by atoms with Gasteiger partial charge >= 0.3 is 0 Å². The normalized spacial score (nSPS) is 15.2. The van der Waals surface area contributed by atoms with E-state index < -0.39 is 36.9 Å². The van der Waals surface area contributed by atoms with Gasteiger partial charge in [0.25, 0.3) is 0 Å². The molecule has 0 aliphatic heterocycles. The molecule has 0 saturated carbocycles. The average Bonchev–Trinajstić information content (AvgIpc) is 2.88. The van der Waals surface area contributed by atoms with E-state index in [1.807, 2.05) is 6.92 Å². The van der Waals surface area contributed by atoms with E-state index in [9.17, 15) is 25.2 Å². The highest BCUT2D eigenvalue weighted by molar-refractivity contribution is 5.80. The number of carbonyl (C=O) groups is 1. The molecule has 0 aromatic rings. The van der Waals surface area contributed by atoms with E-state index in [2.05, 4.69) is 24.4 Å². The fraction of sp³-hybridized carbons (Fsp3) is 0.900. The minimum absolute atomic E-state index is 0.361. The van der Waals surface area contributed by atoms with E-state index >= 15 is 0 Å². The fourth-order valence-electron chi connectivity index (χ4n) is 4.44. The molecule has 0 aromatic heterocycles. The first-order valence-corrected chi connectivity index (χ1v) is 15.1. The standard InChI is InChI=1S/C30H59NO5/c1-3-5-7-8-9-10-11-12-13-14-15-16-17-18-19-20-21-22-24-28(34)30(36)31-26(25-32)29(35)27(33)23-6-4-2/h14-15,26-29,32-35H,3-13,16-25H2,1-2H3,(H,31,36)/b15-14-. The quantitative estimate of drug-likeness (QED) is 0.0726. The summed E-state index contributed by atoms with van der Waals surface area (Å²) in [5.74, 6) is -0.602. The second-order valence-corrected chi connectivity index (χ2v) is 10.4. The second kappa shape index (κ2) is 25.7. The molecule has 0 saturated heterocycles. The third kappa shape index (κ3) is 20.1. The maximum atomic E-state index is 12.2. The predicted molar refractivity (Wildman–Crippen MR) is 150 cm³/mol. The van der Waals surface area contributed by atoms with Gasteiger partial charge in [0.05, 0.1) is 18.8 Å². The van der Waals surface area contributed by atoms with Crippen molar-refractivity contribution in [3.8, 4) is 0 Å². The summed E-state index contributed by atoms with van der Waals surface area (Å²) < 4.78 is 0. The van der Waals surface area contributed by atoms with E-state index in [0.29, 0.717) is 12.8 Å². The molecule has 0 spiro atoms. The Labute approximate surface area is 222 Å². The largest absolute Gasteiger partial charge is 0.394 e. The van der Waals surface area contributed by atoms with Gasteiger partial charge in [-0.2, -0.15) is 0 Å². The lowest BCUT2D eigenvalue weighted by Gasteiger charge is -2.27. The molecule has 6 nitrogen and oxygen atoms in total. The molecule has 4 unspecified atom stereocenters. The molecule has 0 heterocycles. The minimum Gasteiger partial charge on any atom is -0.394 e. The van der Waals surface area contributed by atoms with Crippen LogP contribution in [0.5, 0.6) is 0 Å². The Morgan fingerprint density at radius 2 is 1.14 bits per heavy atom. The van der Waals surface area contributed by atoms with Crippen molar-refractivity contribution in [1.29, 1.82) is 0 Å². The Morgan fingerprint density at radius 3 is 1.64 bits per heavy atom. The van der Waals surface area contributed by atoms with Gasteiger partial charge in [-0.3, -0.25) is 4.79 Å². The van der Waals surface area contributed by atoms with Crippen LogP contribution in [-0.2, 0) is 4.79 Å². The lowest BCUT2D eigenvalue weighted by molar-refractivity contribution is -0.132. The number of hydrogen-bond donors (Lipinski definition) is 5. The maximum Gasteiger partial charge on any atom is 0.249 e. The molecule has 4 atom stereocenters. The number of aliphatic hydroxyl groups is 4. The van der Waals surface area contributed by atoms with Gasteiger partial charge < -0.3 is 25.7 Å². The van der Waals surface area contributed by atoms with Crippen molar-refractivity contribution in [2.45, 2.75) is 167 Å². The SMILES string of the molecule is CCCCCCCCCC/C=C\CCCCCCCCC(O)C(=O)NC(CO)C(O)C(O)CCCC. The maximum absolute atomic E-state index is 12.2. The van der Waals surface area contributed by atoms with Gasteiger partial charge in [0.2, 0.25) is 5.91 Å². The highest BCUT2D eigenvalue weighted by Crippen LogP contribution is 2.13. The molecule has 0 aromatic carbocycles. The molecule has 36 heavy (non-hydrogen) atoms. The molecule has 5 N–H and O–H groups in total. The van der Waals surface area contributed by atoms with Crippen molar-refractivity contribution in [3.63, 3.8) is 0 Å². The van der Waals surface area contributed by atoms with Crippen LogP contribution < -0.4 is 5.32 Å². The van der Waals surface area contributed by atoms with Crippen LogP contribution in [-0.4, -0.2) is 57.3 Å². The fourth-order valence-corrected chi connectivity index (χ4v) is 4.44. The zero-order chi connectivity index (χ0) is 26.9. The van der Waals surface area contributed by atoms with Gasteiger partial charge in [0.1, 0.15) is 12.2 Å². The monoisotopic (exact) mass is 513 g/mol. The molecule has 0 fully saturated rings. The molecule has 0 bridgehead atoms. The third-order valence-corrected chi connectivity index (χ3v) is 6.98. The first-order chi connectivity index (χ1) is 17.5.